The van der Waals surface area contributed by atoms with Crippen LogP contribution in [0.25, 0.3) is 0 Å². The molecule has 9 nitrogen and oxygen atoms in total. The molecule has 0 aromatic rings. The van der Waals surface area contributed by atoms with Crippen molar-refractivity contribution >= 4 is 17.8 Å². The van der Waals surface area contributed by atoms with Crippen molar-refractivity contribution in [1.29, 1.82) is 0 Å². The van der Waals surface area contributed by atoms with Gasteiger partial charge in [0.2, 0.25) is 11.8 Å². The fraction of sp³-hybridized carbons (Fsp3) is 0.812. The highest BCUT2D eigenvalue weighted by Crippen LogP contribution is 2.10. The van der Waals surface area contributed by atoms with Crippen molar-refractivity contribution < 1.29 is 24.6 Å². The quantitative estimate of drug-likeness (QED) is 0.241. The van der Waals surface area contributed by atoms with E-state index in [9.17, 15) is 19.5 Å². The van der Waals surface area contributed by atoms with Crippen LogP contribution in [0, 0.1) is 5.92 Å². The third-order valence-electron chi connectivity index (χ3n) is 4.15. The van der Waals surface area contributed by atoms with Gasteiger partial charge in [0.05, 0.1) is 12.1 Å². The van der Waals surface area contributed by atoms with Crippen molar-refractivity contribution in [3.05, 3.63) is 0 Å². The summed E-state index contributed by atoms with van der Waals surface area (Å²) in [6, 6.07) is -3.15. The molecule has 8 N–H and O–H groups in total. The first kappa shape index (κ1) is 23.3. The molecule has 0 saturated carbocycles. The van der Waals surface area contributed by atoms with Crippen LogP contribution in [0.4, 0.5) is 0 Å². The molecule has 0 fully saturated rings. The molecule has 0 aliphatic rings. The highest BCUT2D eigenvalue weighted by atomic mass is 16.4. The normalized spacial score (nSPS) is 17.0. The minimum Gasteiger partial charge on any atom is -0.480 e. The van der Waals surface area contributed by atoms with Gasteiger partial charge in [0.25, 0.3) is 0 Å². The Morgan fingerprint density at radius 2 is 1.60 bits per heavy atom. The lowest BCUT2D eigenvalue weighted by Gasteiger charge is -2.27. The molecular weight excluding hydrogens is 328 g/mol. The molecule has 146 valence electrons. The third-order valence-corrected chi connectivity index (χ3v) is 4.15. The maximum Gasteiger partial charge on any atom is 0.328 e. The van der Waals surface area contributed by atoms with Gasteiger partial charge in [-0.3, -0.25) is 9.59 Å². The van der Waals surface area contributed by atoms with Gasteiger partial charge in [0.1, 0.15) is 6.04 Å². The molecule has 0 rings (SSSR count). The first-order chi connectivity index (χ1) is 11.6. The SMILES string of the molecule is CC[C@H](C)[C@H](NC(=O)[C@@H](N)CCCCN)C(=O)N[C@H](C(=O)O)[C@@H](C)O. The number of carboxylic acids is 1. The predicted molar refractivity (Wildman–Crippen MR) is 93.5 cm³/mol. The number of amides is 2. The second-order valence-corrected chi connectivity index (χ2v) is 6.33. The van der Waals surface area contributed by atoms with Gasteiger partial charge in [-0.15, -0.1) is 0 Å². The van der Waals surface area contributed by atoms with Crippen LogP contribution in [0.3, 0.4) is 0 Å². The van der Waals surface area contributed by atoms with Gasteiger partial charge >= 0.3 is 5.97 Å². The fourth-order valence-electron chi connectivity index (χ4n) is 2.23. The minimum atomic E-state index is -1.45. The highest BCUT2D eigenvalue weighted by molar-refractivity contribution is 5.92. The van der Waals surface area contributed by atoms with Crippen molar-refractivity contribution in [2.24, 2.45) is 17.4 Å². The molecule has 0 radical (unpaired) electrons. The summed E-state index contributed by atoms with van der Waals surface area (Å²) in [6.45, 7) is 5.40. The average Bonchev–Trinajstić information content (AvgIpc) is 2.55. The van der Waals surface area contributed by atoms with Crippen LogP contribution in [0.1, 0.15) is 46.5 Å². The van der Waals surface area contributed by atoms with Gasteiger partial charge in [-0.2, -0.15) is 0 Å². The molecule has 5 atom stereocenters. The van der Waals surface area contributed by atoms with E-state index in [0.29, 0.717) is 25.8 Å². The number of aliphatic carboxylic acids is 1. The highest BCUT2D eigenvalue weighted by Gasteiger charge is 2.32. The fourth-order valence-corrected chi connectivity index (χ4v) is 2.23. The number of aliphatic hydroxyl groups is 1. The van der Waals surface area contributed by atoms with E-state index in [0.717, 1.165) is 6.42 Å². The average molecular weight is 360 g/mol. The molecule has 0 unspecified atom stereocenters. The molecule has 0 spiro atoms. The van der Waals surface area contributed by atoms with Crippen LogP contribution in [0.15, 0.2) is 0 Å². The Balaban J connectivity index is 4.97. The number of carboxylic acid groups (broad SMARTS) is 1. The van der Waals surface area contributed by atoms with E-state index in [1.54, 1.807) is 6.92 Å². The van der Waals surface area contributed by atoms with Crippen molar-refractivity contribution in [2.75, 3.05) is 6.54 Å². The summed E-state index contributed by atoms with van der Waals surface area (Å²) in [7, 11) is 0. The van der Waals surface area contributed by atoms with Gasteiger partial charge in [-0.05, 0) is 32.2 Å². The molecule has 9 heteroatoms. The van der Waals surface area contributed by atoms with E-state index in [4.69, 9.17) is 16.6 Å². The summed E-state index contributed by atoms with van der Waals surface area (Å²) in [5.74, 6) is -2.72. The van der Waals surface area contributed by atoms with Crippen molar-refractivity contribution in [3.8, 4) is 0 Å². The lowest BCUT2D eigenvalue weighted by Crippen LogP contribution is -2.58. The molecule has 25 heavy (non-hydrogen) atoms. The zero-order valence-electron chi connectivity index (χ0n) is 15.2. The standard InChI is InChI=1S/C16H32N4O5/c1-4-9(2)12(15(23)20-13(10(3)21)16(24)25)19-14(22)11(18)7-5-6-8-17/h9-13,21H,4-8,17-18H2,1-3H3,(H,19,22)(H,20,23)(H,24,25)/t9-,10+,11-,12-,13-/m0/s1. The van der Waals surface area contributed by atoms with Gasteiger partial charge in [-0.25, -0.2) is 4.79 Å². The minimum absolute atomic E-state index is 0.233. The van der Waals surface area contributed by atoms with Crippen LogP contribution >= 0.6 is 0 Å². The topological polar surface area (TPSA) is 168 Å². The number of aliphatic hydroxyl groups excluding tert-OH is 1. The second-order valence-electron chi connectivity index (χ2n) is 6.33. The summed E-state index contributed by atoms with van der Waals surface area (Å²) in [5.41, 5.74) is 11.2. The first-order valence-electron chi connectivity index (χ1n) is 8.62. The van der Waals surface area contributed by atoms with E-state index < -0.39 is 42.0 Å². The molecule has 0 heterocycles. The van der Waals surface area contributed by atoms with Crippen LogP contribution in [0.5, 0.6) is 0 Å². The number of hydrogen-bond donors (Lipinski definition) is 6. The molecule has 0 saturated heterocycles. The van der Waals surface area contributed by atoms with Crippen LogP contribution < -0.4 is 22.1 Å². The Morgan fingerprint density at radius 3 is 2.04 bits per heavy atom. The molecule has 0 aliphatic heterocycles. The number of unbranched alkanes of at least 4 members (excludes halogenated alkanes) is 1. The smallest absolute Gasteiger partial charge is 0.328 e. The molecule has 0 aliphatic carbocycles. The molecule has 0 aromatic heterocycles. The van der Waals surface area contributed by atoms with Crippen LogP contribution in [-0.2, 0) is 14.4 Å². The maximum absolute atomic E-state index is 12.4. The number of rotatable bonds is 12. The Labute approximate surface area is 148 Å². The number of nitrogens with one attached hydrogen (secondary N) is 2. The predicted octanol–water partition coefficient (Wildman–Crippen LogP) is -1.08. The monoisotopic (exact) mass is 360 g/mol. The Morgan fingerprint density at radius 1 is 1.04 bits per heavy atom. The Kier molecular flexibility index (Phi) is 11.0. The number of carbonyl (C=O) groups is 3. The first-order valence-corrected chi connectivity index (χ1v) is 8.62. The van der Waals surface area contributed by atoms with E-state index in [-0.39, 0.29) is 5.92 Å². The maximum atomic E-state index is 12.4. The molecule has 0 bridgehead atoms. The van der Waals surface area contributed by atoms with Gasteiger partial charge in [-0.1, -0.05) is 26.7 Å². The molecule has 0 aromatic carbocycles. The summed E-state index contributed by atoms with van der Waals surface area (Å²) < 4.78 is 0. The van der Waals surface area contributed by atoms with Gasteiger partial charge < -0.3 is 32.3 Å². The molecular formula is C16H32N4O5. The summed E-state index contributed by atoms with van der Waals surface area (Å²) >= 11 is 0. The zero-order chi connectivity index (χ0) is 19.6. The molecule has 2 amide bonds. The van der Waals surface area contributed by atoms with E-state index in [1.807, 2.05) is 6.92 Å². The number of hydrogen-bond acceptors (Lipinski definition) is 6. The van der Waals surface area contributed by atoms with E-state index in [1.165, 1.54) is 6.92 Å². The van der Waals surface area contributed by atoms with E-state index >= 15 is 0 Å². The van der Waals surface area contributed by atoms with Crippen molar-refractivity contribution in [2.45, 2.75) is 70.7 Å². The van der Waals surface area contributed by atoms with Crippen molar-refractivity contribution in [3.63, 3.8) is 0 Å². The third kappa shape index (κ3) is 8.28. The Hall–Kier alpha value is -1.71. The van der Waals surface area contributed by atoms with E-state index in [2.05, 4.69) is 10.6 Å². The summed E-state index contributed by atoms with van der Waals surface area (Å²) in [6.07, 6.45) is 1.23. The van der Waals surface area contributed by atoms with Gasteiger partial charge in [0, 0.05) is 0 Å². The summed E-state index contributed by atoms with van der Waals surface area (Å²) in [5, 5.41) is 23.4. The van der Waals surface area contributed by atoms with Crippen LogP contribution in [-0.4, -0.2) is 58.8 Å². The lowest BCUT2D eigenvalue weighted by atomic mass is 9.97. The summed E-state index contributed by atoms with van der Waals surface area (Å²) in [4.78, 5) is 35.8. The van der Waals surface area contributed by atoms with Crippen molar-refractivity contribution in [1.82, 2.24) is 10.6 Å². The van der Waals surface area contributed by atoms with Gasteiger partial charge in [0.15, 0.2) is 6.04 Å². The lowest BCUT2D eigenvalue weighted by molar-refractivity contribution is -0.145. The largest absolute Gasteiger partial charge is 0.480 e. The van der Waals surface area contributed by atoms with Crippen LogP contribution in [0.2, 0.25) is 0 Å². The Bertz CT molecular complexity index is 444. The number of nitrogens with two attached hydrogens (primary N) is 2. The zero-order valence-corrected chi connectivity index (χ0v) is 15.2. The second kappa shape index (κ2) is 11.8. The number of carbonyl (C=O) groups excluding carboxylic acids is 2.